The number of anilines is 4. The van der Waals surface area contributed by atoms with Gasteiger partial charge in [-0.15, -0.1) is 10.2 Å². The van der Waals surface area contributed by atoms with Crippen molar-refractivity contribution in [2.24, 2.45) is 5.73 Å². The lowest BCUT2D eigenvalue weighted by Gasteiger charge is -2.33. The molecule has 5 rings (SSSR count). The summed E-state index contributed by atoms with van der Waals surface area (Å²) in [4.78, 5) is 33.2. The number of carbonyl (C=O) groups is 2. The van der Waals surface area contributed by atoms with Gasteiger partial charge in [0.15, 0.2) is 11.5 Å². The fraction of sp³-hybridized carbons (Fsp3) is 0.346. The van der Waals surface area contributed by atoms with Crippen LogP contribution in [0.25, 0.3) is 0 Å². The summed E-state index contributed by atoms with van der Waals surface area (Å²) >= 11 is 0. The van der Waals surface area contributed by atoms with Crippen LogP contribution in [0.1, 0.15) is 33.7 Å². The smallest absolute Gasteiger partial charge is 0.273 e. The van der Waals surface area contributed by atoms with Gasteiger partial charge in [-0.1, -0.05) is 18.2 Å². The van der Waals surface area contributed by atoms with Crippen LogP contribution in [0.4, 0.5) is 23.1 Å². The molecule has 3 aromatic rings. The summed E-state index contributed by atoms with van der Waals surface area (Å²) in [7, 11) is 0. The Labute approximate surface area is 215 Å². The van der Waals surface area contributed by atoms with Crippen molar-refractivity contribution in [2.45, 2.75) is 18.9 Å². The molecule has 1 atom stereocenters. The van der Waals surface area contributed by atoms with Gasteiger partial charge in [0.1, 0.15) is 0 Å². The van der Waals surface area contributed by atoms with Crippen molar-refractivity contribution < 1.29 is 14.3 Å². The molecule has 0 unspecified atom stereocenters. The highest BCUT2D eigenvalue weighted by molar-refractivity contribution is 5.97. The molecule has 3 heterocycles. The van der Waals surface area contributed by atoms with E-state index in [-0.39, 0.29) is 23.5 Å². The van der Waals surface area contributed by atoms with Gasteiger partial charge in [-0.25, -0.2) is 0 Å². The third kappa shape index (κ3) is 5.95. The van der Waals surface area contributed by atoms with Crippen LogP contribution in [0.5, 0.6) is 0 Å². The molecule has 2 aromatic carbocycles. The average Bonchev–Trinajstić information content (AvgIpc) is 2.94. The van der Waals surface area contributed by atoms with Crippen molar-refractivity contribution in [1.29, 1.82) is 0 Å². The molecule has 0 radical (unpaired) electrons. The number of nitrogens with one attached hydrogen (secondary N) is 2. The fourth-order valence-electron chi connectivity index (χ4n) is 4.53. The molecule has 0 bridgehead atoms. The predicted octanol–water partition coefficient (Wildman–Crippen LogP) is 2.27. The van der Waals surface area contributed by atoms with E-state index in [0.29, 0.717) is 50.0 Å². The summed E-state index contributed by atoms with van der Waals surface area (Å²) in [6.07, 6.45) is 1.99. The monoisotopic (exact) mass is 502 g/mol. The van der Waals surface area contributed by atoms with E-state index in [1.807, 2.05) is 30.3 Å². The van der Waals surface area contributed by atoms with E-state index in [0.717, 1.165) is 25.1 Å². The minimum atomic E-state index is -0.726. The second-order valence-corrected chi connectivity index (χ2v) is 9.08. The number of amides is 2. The van der Waals surface area contributed by atoms with Crippen LogP contribution in [-0.2, 0) is 4.74 Å². The number of hydrogen-bond donors (Lipinski definition) is 3. The molecule has 2 aliphatic rings. The number of aromatic nitrogens is 3. The molecule has 2 fully saturated rings. The first-order valence-corrected chi connectivity index (χ1v) is 12.4. The minimum absolute atomic E-state index is 0.0394. The Bertz CT molecular complexity index is 1230. The Morgan fingerprint density at radius 3 is 2.43 bits per heavy atom. The number of rotatable bonds is 7. The summed E-state index contributed by atoms with van der Waals surface area (Å²) in [5.41, 5.74) is 7.79. The van der Waals surface area contributed by atoms with Crippen LogP contribution in [0.2, 0.25) is 0 Å². The van der Waals surface area contributed by atoms with Crippen LogP contribution in [-0.4, -0.2) is 77.3 Å². The van der Waals surface area contributed by atoms with Crippen molar-refractivity contribution in [3.8, 4) is 0 Å². The van der Waals surface area contributed by atoms with E-state index >= 15 is 0 Å². The zero-order valence-electron chi connectivity index (χ0n) is 20.5. The van der Waals surface area contributed by atoms with Gasteiger partial charge in [-0.3, -0.25) is 9.59 Å². The number of morpholine rings is 1. The van der Waals surface area contributed by atoms with Gasteiger partial charge >= 0.3 is 0 Å². The first-order chi connectivity index (χ1) is 18.1. The zero-order valence-corrected chi connectivity index (χ0v) is 20.5. The molecule has 4 N–H and O–H groups in total. The Hall–Kier alpha value is -4.25. The lowest BCUT2D eigenvalue weighted by Crippen LogP contribution is -2.43. The summed E-state index contributed by atoms with van der Waals surface area (Å²) in [5.74, 6) is -0.119. The Balaban J connectivity index is 1.30. The van der Waals surface area contributed by atoms with E-state index in [2.05, 4.69) is 30.7 Å². The topological polar surface area (TPSA) is 139 Å². The van der Waals surface area contributed by atoms with E-state index in [1.54, 1.807) is 29.2 Å². The number of piperidine rings is 1. The maximum absolute atomic E-state index is 12.7. The first kappa shape index (κ1) is 24.4. The summed E-state index contributed by atoms with van der Waals surface area (Å²) in [6.45, 7) is 3.73. The molecule has 2 saturated heterocycles. The largest absolute Gasteiger partial charge is 0.381 e. The van der Waals surface area contributed by atoms with Gasteiger partial charge in [0, 0.05) is 49.2 Å². The summed E-state index contributed by atoms with van der Waals surface area (Å²) < 4.78 is 5.32. The summed E-state index contributed by atoms with van der Waals surface area (Å²) in [5, 5.41) is 15.0. The average molecular weight is 503 g/mol. The standard InChI is InChI=1S/C26H30N8O3/c27-23(35)22-24(29-20-10-8-18(9-11-20)25(36)33-13-15-37-16-14-33)30-26(32-31-22)34-12-4-7-21(17-34)28-19-5-2-1-3-6-19/h1-3,5-6,8-11,21,28H,4,7,12-17H2,(H2,27,35)(H,29,30,32)/t21-/m1/s1. The maximum Gasteiger partial charge on any atom is 0.273 e. The molecule has 2 amide bonds. The third-order valence-electron chi connectivity index (χ3n) is 6.45. The van der Waals surface area contributed by atoms with Crippen LogP contribution < -0.4 is 21.3 Å². The van der Waals surface area contributed by atoms with Crippen LogP contribution in [0.15, 0.2) is 54.6 Å². The Morgan fingerprint density at radius 1 is 0.946 bits per heavy atom. The van der Waals surface area contributed by atoms with Crippen molar-refractivity contribution in [3.05, 3.63) is 65.9 Å². The van der Waals surface area contributed by atoms with Gasteiger partial charge in [0.05, 0.1) is 13.2 Å². The van der Waals surface area contributed by atoms with E-state index in [4.69, 9.17) is 10.5 Å². The van der Waals surface area contributed by atoms with Crippen molar-refractivity contribution >= 4 is 35.0 Å². The number of nitrogens with two attached hydrogens (primary N) is 1. The van der Waals surface area contributed by atoms with E-state index in [9.17, 15) is 9.59 Å². The van der Waals surface area contributed by atoms with Crippen molar-refractivity contribution in [1.82, 2.24) is 20.1 Å². The summed E-state index contributed by atoms with van der Waals surface area (Å²) in [6, 6.07) is 17.3. The van der Waals surface area contributed by atoms with Crippen LogP contribution in [0, 0.1) is 0 Å². The normalized spacial score (nSPS) is 17.8. The lowest BCUT2D eigenvalue weighted by molar-refractivity contribution is 0.0303. The van der Waals surface area contributed by atoms with Crippen LogP contribution in [0.3, 0.4) is 0 Å². The zero-order chi connectivity index (χ0) is 25.6. The van der Waals surface area contributed by atoms with E-state index < -0.39 is 5.91 Å². The van der Waals surface area contributed by atoms with Gasteiger partial charge in [0.2, 0.25) is 5.95 Å². The predicted molar refractivity (Wildman–Crippen MR) is 140 cm³/mol. The number of nitrogens with zero attached hydrogens (tertiary/aromatic N) is 5. The van der Waals surface area contributed by atoms with Gasteiger partial charge in [0.25, 0.3) is 11.8 Å². The van der Waals surface area contributed by atoms with Gasteiger partial charge < -0.3 is 30.9 Å². The molecular weight excluding hydrogens is 472 g/mol. The fourth-order valence-corrected chi connectivity index (χ4v) is 4.53. The quantitative estimate of drug-likeness (QED) is 0.444. The van der Waals surface area contributed by atoms with E-state index in [1.165, 1.54) is 0 Å². The van der Waals surface area contributed by atoms with Crippen molar-refractivity contribution in [2.75, 3.05) is 54.9 Å². The molecule has 0 saturated carbocycles. The number of carbonyl (C=O) groups excluding carboxylic acids is 2. The van der Waals surface area contributed by atoms with Gasteiger partial charge in [-0.05, 0) is 49.2 Å². The minimum Gasteiger partial charge on any atom is -0.381 e. The SMILES string of the molecule is NC(=O)c1nnc(N2CCC[C@@H](Nc3ccccc3)C2)nc1Nc1ccc(C(=O)N2CCOCC2)cc1. The van der Waals surface area contributed by atoms with Gasteiger partial charge in [-0.2, -0.15) is 4.98 Å². The molecular formula is C26H30N8O3. The second-order valence-electron chi connectivity index (χ2n) is 9.08. The molecule has 37 heavy (non-hydrogen) atoms. The lowest BCUT2D eigenvalue weighted by atomic mass is 10.1. The van der Waals surface area contributed by atoms with Crippen molar-refractivity contribution in [3.63, 3.8) is 0 Å². The highest BCUT2D eigenvalue weighted by atomic mass is 16.5. The molecule has 11 heteroatoms. The Morgan fingerprint density at radius 2 is 1.70 bits per heavy atom. The maximum atomic E-state index is 12.7. The first-order valence-electron chi connectivity index (χ1n) is 12.4. The third-order valence-corrected chi connectivity index (χ3v) is 6.45. The molecule has 1 aromatic heterocycles. The molecule has 2 aliphatic heterocycles. The number of hydrogen-bond acceptors (Lipinski definition) is 9. The number of ether oxygens (including phenoxy) is 1. The second kappa shape index (κ2) is 11.2. The molecule has 11 nitrogen and oxygen atoms in total. The molecule has 192 valence electrons. The number of benzene rings is 2. The number of para-hydroxylation sites is 1. The molecule has 0 spiro atoms. The van der Waals surface area contributed by atoms with Crippen LogP contribution >= 0.6 is 0 Å². The molecule has 0 aliphatic carbocycles. The number of primary amides is 1. The highest BCUT2D eigenvalue weighted by Gasteiger charge is 2.24. The highest BCUT2D eigenvalue weighted by Crippen LogP contribution is 2.23. The Kier molecular flexibility index (Phi) is 7.41.